The van der Waals surface area contributed by atoms with E-state index in [1.807, 2.05) is 33.4 Å². The summed E-state index contributed by atoms with van der Waals surface area (Å²) in [6.07, 6.45) is 8.85. The second kappa shape index (κ2) is 12.9. The first-order valence-electron chi connectivity index (χ1n) is 13.9. The maximum absolute atomic E-state index is 14.3. The monoisotopic (exact) mass is 602 g/mol. The van der Waals surface area contributed by atoms with Gasteiger partial charge in [-0.25, -0.2) is 0 Å². The van der Waals surface area contributed by atoms with Crippen LogP contribution in [-0.2, 0) is 9.59 Å². The third-order valence-electron chi connectivity index (χ3n) is 7.71. The Morgan fingerprint density at radius 1 is 0.784 bits per heavy atom. The summed E-state index contributed by atoms with van der Waals surface area (Å²) in [4.78, 5) is 34.4. The lowest BCUT2D eigenvalue weighted by molar-refractivity contribution is -0.124. The van der Waals surface area contributed by atoms with Crippen LogP contribution < -0.4 is 0 Å². The van der Waals surface area contributed by atoms with Crippen LogP contribution in [0, 0.1) is 11.8 Å². The van der Waals surface area contributed by atoms with Crippen molar-refractivity contribution in [2.24, 2.45) is 11.8 Å². The number of thiophene rings is 2. The van der Waals surface area contributed by atoms with E-state index < -0.39 is 0 Å². The summed E-state index contributed by atoms with van der Waals surface area (Å²) in [6, 6.07) is 8.13. The van der Waals surface area contributed by atoms with E-state index in [1.165, 1.54) is 0 Å². The van der Waals surface area contributed by atoms with Gasteiger partial charge in [-0.2, -0.15) is 0 Å². The van der Waals surface area contributed by atoms with Gasteiger partial charge in [-0.05, 0) is 64.2 Å². The largest absolute Gasteiger partial charge is 0.306 e. The Morgan fingerprint density at radius 2 is 1.32 bits per heavy atom. The molecule has 4 heterocycles. The SMILES string of the molecule is CCCC[C@@H](CC)CN1C(=O)C2=C(c3ccc(Br)s3)N(C[C@@H](CC)CCCC)C(=O)C2=C1c1cccs1. The highest BCUT2D eigenvalue weighted by Crippen LogP contribution is 2.49. The molecular formula is C30H39BrN2O2S2. The van der Waals surface area contributed by atoms with Crippen molar-refractivity contribution in [3.8, 4) is 0 Å². The molecule has 0 spiro atoms. The van der Waals surface area contributed by atoms with Gasteiger partial charge in [-0.3, -0.25) is 9.59 Å². The van der Waals surface area contributed by atoms with E-state index in [2.05, 4.69) is 49.7 Å². The fourth-order valence-electron chi connectivity index (χ4n) is 5.46. The standard InChI is InChI=1S/C30H39BrN2O2S2/c1-5-9-12-20(7-3)18-32-27(22-14-11-17-36-22)25-26(30(32)35)28(23-15-16-24(31)37-23)33(29(25)34)19-21(8-4)13-10-6-2/h11,14-17,20-21H,5-10,12-13,18-19H2,1-4H3/t20-,21+/m1/s1. The number of halogens is 1. The van der Waals surface area contributed by atoms with E-state index in [9.17, 15) is 9.59 Å². The third-order valence-corrected chi connectivity index (χ3v) is 10.2. The Bertz CT molecular complexity index is 1160. The number of hydrogen-bond donors (Lipinski definition) is 0. The number of fused-ring (bicyclic) bond motifs is 1. The van der Waals surface area contributed by atoms with Crippen molar-refractivity contribution < 1.29 is 9.59 Å². The molecule has 2 amide bonds. The average Bonchev–Trinajstić information content (AvgIpc) is 3.67. The highest BCUT2D eigenvalue weighted by atomic mass is 79.9. The zero-order chi connectivity index (χ0) is 26.5. The van der Waals surface area contributed by atoms with Gasteiger partial charge < -0.3 is 9.80 Å². The Labute approximate surface area is 238 Å². The van der Waals surface area contributed by atoms with Crippen molar-refractivity contribution >= 4 is 61.8 Å². The van der Waals surface area contributed by atoms with E-state index in [0.717, 1.165) is 76.3 Å². The van der Waals surface area contributed by atoms with Gasteiger partial charge in [-0.15, -0.1) is 22.7 Å². The average molecular weight is 604 g/mol. The molecule has 0 radical (unpaired) electrons. The van der Waals surface area contributed by atoms with Gasteiger partial charge in [-0.1, -0.05) is 72.3 Å². The van der Waals surface area contributed by atoms with E-state index in [0.29, 0.717) is 36.1 Å². The van der Waals surface area contributed by atoms with Crippen LogP contribution in [0.2, 0.25) is 0 Å². The molecule has 4 rings (SSSR count). The Balaban J connectivity index is 1.83. The topological polar surface area (TPSA) is 40.6 Å². The van der Waals surface area contributed by atoms with E-state index >= 15 is 0 Å². The van der Waals surface area contributed by atoms with Gasteiger partial charge in [0.15, 0.2) is 0 Å². The van der Waals surface area contributed by atoms with Crippen molar-refractivity contribution in [1.82, 2.24) is 9.80 Å². The lowest BCUT2D eigenvalue weighted by Crippen LogP contribution is -2.34. The number of carbonyl (C=O) groups is 2. The minimum atomic E-state index is -0.00896. The fourth-order valence-corrected chi connectivity index (χ4v) is 7.69. The van der Waals surface area contributed by atoms with Crippen molar-refractivity contribution in [2.75, 3.05) is 13.1 Å². The van der Waals surface area contributed by atoms with Crippen LogP contribution in [0.5, 0.6) is 0 Å². The first-order chi connectivity index (χ1) is 17.9. The molecule has 2 aliphatic heterocycles. The summed E-state index contributed by atoms with van der Waals surface area (Å²) >= 11 is 6.82. The molecule has 0 saturated heterocycles. The molecule has 0 unspecified atom stereocenters. The summed E-state index contributed by atoms with van der Waals surface area (Å²) in [5.41, 5.74) is 2.86. The van der Waals surface area contributed by atoms with Gasteiger partial charge in [0.05, 0.1) is 36.1 Å². The summed E-state index contributed by atoms with van der Waals surface area (Å²) in [6.45, 7) is 10.2. The number of rotatable bonds is 14. The summed E-state index contributed by atoms with van der Waals surface area (Å²) in [7, 11) is 0. The van der Waals surface area contributed by atoms with Gasteiger partial charge in [0.25, 0.3) is 11.8 Å². The van der Waals surface area contributed by atoms with Gasteiger partial charge in [0, 0.05) is 13.1 Å². The van der Waals surface area contributed by atoms with Crippen molar-refractivity contribution in [3.05, 3.63) is 54.3 Å². The van der Waals surface area contributed by atoms with E-state index in [1.54, 1.807) is 22.7 Å². The molecule has 200 valence electrons. The third kappa shape index (κ3) is 5.84. The fraction of sp³-hybridized carbons (Fsp3) is 0.533. The van der Waals surface area contributed by atoms with Gasteiger partial charge >= 0.3 is 0 Å². The molecule has 37 heavy (non-hydrogen) atoms. The number of nitrogens with zero attached hydrogens (tertiary/aromatic N) is 2. The minimum Gasteiger partial charge on any atom is -0.306 e. The minimum absolute atomic E-state index is 0.00896. The number of amides is 2. The number of unbranched alkanes of at least 4 members (excludes halogenated alkanes) is 2. The van der Waals surface area contributed by atoms with Crippen LogP contribution in [-0.4, -0.2) is 34.7 Å². The zero-order valence-electron chi connectivity index (χ0n) is 22.5. The predicted molar refractivity (Wildman–Crippen MR) is 160 cm³/mol. The highest BCUT2D eigenvalue weighted by Gasteiger charge is 2.49. The second-order valence-electron chi connectivity index (χ2n) is 10.2. The zero-order valence-corrected chi connectivity index (χ0v) is 25.7. The van der Waals surface area contributed by atoms with Crippen LogP contribution in [0.15, 0.2) is 44.6 Å². The van der Waals surface area contributed by atoms with Gasteiger partial charge in [0.2, 0.25) is 0 Å². The van der Waals surface area contributed by atoms with Gasteiger partial charge in [0.1, 0.15) is 0 Å². The Morgan fingerprint density at radius 3 is 1.73 bits per heavy atom. The summed E-state index contributed by atoms with van der Waals surface area (Å²) in [5.74, 6) is 0.816. The second-order valence-corrected chi connectivity index (χ2v) is 13.6. The first kappa shape index (κ1) is 28.3. The van der Waals surface area contributed by atoms with Crippen LogP contribution >= 0.6 is 38.6 Å². The van der Waals surface area contributed by atoms with Crippen LogP contribution in [0.1, 0.15) is 88.8 Å². The molecular weight excluding hydrogens is 564 g/mol. The molecule has 4 nitrogen and oxygen atoms in total. The van der Waals surface area contributed by atoms with Crippen LogP contribution in [0.3, 0.4) is 0 Å². The Kier molecular flexibility index (Phi) is 9.87. The molecule has 2 atom stereocenters. The van der Waals surface area contributed by atoms with Crippen LogP contribution in [0.4, 0.5) is 0 Å². The molecule has 2 aromatic heterocycles. The molecule has 2 aliphatic rings. The molecule has 0 fully saturated rings. The molecule has 0 saturated carbocycles. The maximum Gasteiger partial charge on any atom is 0.261 e. The molecule has 7 heteroatoms. The Hall–Kier alpha value is -1.70. The predicted octanol–water partition coefficient (Wildman–Crippen LogP) is 8.81. The first-order valence-corrected chi connectivity index (χ1v) is 16.4. The molecule has 0 N–H and O–H groups in total. The maximum atomic E-state index is 14.3. The number of carbonyl (C=O) groups excluding carboxylic acids is 2. The van der Waals surface area contributed by atoms with Crippen LogP contribution in [0.25, 0.3) is 11.4 Å². The van der Waals surface area contributed by atoms with Crippen molar-refractivity contribution in [3.63, 3.8) is 0 Å². The van der Waals surface area contributed by atoms with E-state index in [-0.39, 0.29) is 11.8 Å². The summed E-state index contributed by atoms with van der Waals surface area (Å²) in [5, 5.41) is 2.04. The molecule has 0 aliphatic carbocycles. The molecule has 0 bridgehead atoms. The van der Waals surface area contributed by atoms with E-state index in [4.69, 9.17) is 0 Å². The number of hydrogen-bond acceptors (Lipinski definition) is 4. The molecule has 0 aromatic carbocycles. The van der Waals surface area contributed by atoms with Crippen molar-refractivity contribution in [1.29, 1.82) is 0 Å². The lowest BCUT2D eigenvalue weighted by atomic mass is 9.98. The highest BCUT2D eigenvalue weighted by molar-refractivity contribution is 9.11. The lowest BCUT2D eigenvalue weighted by Gasteiger charge is -2.29. The summed E-state index contributed by atoms with van der Waals surface area (Å²) < 4.78 is 1.00. The smallest absolute Gasteiger partial charge is 0.261 e. The quantitative estimate of drug-likeness (QED) is 0.217. The van der Waals surface area contributed by atoms with Crippen molar-refractivity contribution in [2.45, 2.75) is 79.1 Å². The normalized spacial score (nSPS) is 17.4. The molecule has 2 aromatic rings.